The summed E-state index contributed by atoms with van der Waals surface area (Å²) in [5.41, 5.74) is 0.635. The van der Waals surface area contributed by atoms with Crippen molar-refractivity contribution in [2.45, 2.75) is 20.8 Å². The highest BCUT2D eigenvalue weighted by molar-refractivity contribution is 5.96. The molecule has 2 rings (SSSR count). The van der Waals surface area contributed by atoms with Crippen molar-refractivity contribution in [3.05, 3.63) is 29.6 Å². The van der Waals surface area contributed by atoms with E-state index < -0.39 is 0 Å². The van der Waals surface area contributed by atoms with Crippen LogP contribution in [0.15, 0.2) is 18.2 Å². The minimum atomic E-state index is -0.232. The van der Waals surface area contributed by atoms with E-state index in [1.165, 1.54) is 0 Å². The first-order chi connectivity index (χ1) is 11.0. The summed E-state index contributed by atoms with van der Waals surface area (Å²) in [4.78, 5) is 33.0. The van der Waals surface area contributed by atoms with Crippen molar-refractivity contribution in [2.24, 2.45) is 5.92 Å². The zero-order chi connectivity index (χ0) is 16.8. The molecule has 1 aromatic heterocycles. The molecule has 6 heteroatoms. The maximum absolute atomic E-state index is 12.5. The van der Waals surface area contributed by atoms with Crippen molar-refractivity contribution < 1.29 is 9.59 Å². The molecular formula is C17H26N4O2. The number of carbonyl (C=O) groups excluding carboxylic acids is 2. The van der Waals surface area contributed by atoms with E-state index in [-0.39, 0.29) is 11.8 Å². The van der Waals surface area contributed by atoms with Gasteiger partial charge in [-0.1, -0.05) is 26.8 Å². The SMILES string of the molecule is CCN1CCN(C(=O)c2cccc(C(=O)NCC(C)C)n2)CC1. The highest BCUT2D eigenvalue weighted by Crippen LogP contribution is 2.08. The molecule has 1 aliphatic heterocycles. The van der Waals surface area contributed by atoms with Gasteiger partial charge in [-0.3, -0.25) is 9.59 Å². The fourth-order valence-electron chi connectivity index (χ4n) is 2.50. The lowest BCUT2D eigenvalue weighted by molar-refractivity contribution is 0.0637. The number of amides is 2. The molecular weight excluding hydrogens is 292 g/mol. The highest BCUT2D eigenvalue weighted by Gasteiger charge is 2.22. The molecule has 1 aromatic rings. The Morgan fingerprint density at radius 3 is 2.43 bits per heavy atom. The largest absolute Gasteiger partial charge is 0.350 e. The zero-order valence-corrected chi connectivity index (χ0v) is 14.2. The summed E-state index contributed by atoms with van der Waals surface area (Å²) < 4.78 is 0. The van der Waals surface area contributed by atoms with Gasteiger partial charge in [-0.2, -0.15) is 0 Å². The summed E-state index contributed by atoms with van der Waals surface area (Å²) in [6.45, 7) is 11.0. The van der Waals surface area contributed by atoms with E-state index in [9.17, 15) is 9.59 Å². The molecule has 1 N–H and O–H groups in total. The Balaban J connectivity index is 2.01. The lowest BCUT2D eigenvalue weighted by atomic mass is 10.2. The van der Waals surface area contributed by atoms with Crippen LogP contribution in [0.3, 0.4) is 0 Å². The van der Waals surface area contributed by atoms with Crippen molar-refractivity contribution in [1.29, 1.82) is 0 Å². The van der Waals surface area contributed by atoms with E-state index >= 15 is 0 Å². The lowest BCUT2D eigenvalue weighted by Crippen LogP contribution is -2.48. The number of nitrogens with one attached hydrogen (secondary N) is 1. The third kappa shape index (κ3) is 4.76. The number of rotatable bonds is 5. The van der Waals surface area contributed by atoms with Gasteiger partial charge in [-0.25, -0.2) is 4.98 Å². The smallest absolute Gasteiger partial charge is 0.272 e. The van der Waals surface area contributed by atoms with Crippen LogP contribution in [0.25, 0.3) is 0 Å². The fraction of sp³-hybridized carbons (Fsp3) is 0.588. The van der Waals surface area contributed by atoms with Crippen molar-refractivity contribution in [2.75, 3.05) is 39.3 Å². The molecule has 0 aromatic carbocycles. The summed E-state index contributed by atoms with van der Waals surface area (Å²) in [5.74, 6) is 0.0436. The monoisotopic (exact) mass is 318 g/mol. The van der Waals surface area contributed by atoms with Crippen molar-refractivity contribution in [3.8, 4) is 0 Å². The van der Waals surface area contributed by atoms with Gasteiger partial charge in [0.2, 0.25) is 0 Å². The van der Waals surface area contributed by atoms with Crippen LogP contribution in [0.5, 0.6) is 0 Å². The summed E-state index contributed by atoms with van der Waals surface area (Å²) in [5, 5.41) is 2.82. The Kier molecular flexibility index (Phi) is 6.10. The summed E-state index contributed by atoms with van der Waals surface area (Å²) in [6, 6.07) is 5.03. The Labute approximate surface area is 137 Å². The Morgan fingerprint density at radius 1 is 1.17 bits per heavy atom. The maximum Gasteiger partial charge on any atom is 0.272 e. The summed E-state index contributed by atoms with van der Waals surface area (Å²) in [6.07, 6.45) is 0. The van der Waals surface area contributed by atoms with E-state index in [4.69, 9.17) is 0 Å². The fourth-order valence-corrected chi connectivity index (χ4v) is 2.50. The van der Waals surface area contributed by atoms with Crippen LogP contribution in [0.4, 0.5) is 0 Å². The average Bonchev–Trinajstić information content (AvgIpc) is 2.59. The van der Waals surface area contributed by atoms with Gasteiger partial charge < -0.3 is 15.1 Å². The second kappa shape index (κ2) is 8.06. The molecule has 0 bridgehead atoms. The number of likely N-dealkylation sites (N-methyl/N-ethyl adjacent to an activating group) is 1. The molecule has 1 aliphatic rings. The van der Waals surface area contributed by atoms with Crippen molar-refractivity contribution in [3.63, 3.8) is 0 Å². The molecule has 23 heavy (non-hydrogen) atoms. The Morgan fingerprint density at radius 2 is 1.83 bits per heavy atom. The molecule has 1 saturated heterocycles. The average molecular weight is 318 g/mol. The van der Waals surface area contributed by atoms with Crippen molar-refractivity contribution in [1.82, 2.24) is 20.1 Å². The Bertz CT molecular complexity index is 551. The number of piperazine rings is 1. The van der Waals surface area contributed by atoms with Gasteiger partial charge in [0.15, 0.2) is 0 Å². The van der Waals surface area contributed by atoms with Crippen LogP contribution < -0.4 is 5.32 Å². The van der Waals surface area contributed by atoms with Crippen LogP contribution in [0.2, 0.25) is 0 Å². The van der Waals surface area contributed by atoms with Gasteiger partial charge in [0, 0.05) is 32.7 Å². The maximum atomic E-state index is 12.5. The molecule has 2 amide bonds. The normalized spacial score (nSPS) is 15.7. The molecule has 2 heterocycles. The number of aromatic nitrogens is 1. The predicted octanol–water partition coefficient (Wildman–Crippen LogP) is 1.25. The molecule has 1 fully saturated rings. The first-order valence-corrected chi connectivity index (χ1v) is 8.28. The van der Waals surface area contributed by atoms with Gasteiger partial charge >= 0.3 is 0 Å². The molecule has 0 unspecified atom stereocenters. The van der Waals surface area contributed by atoms with Gasteiger partial charge in [0.1, 0.15) is 11.4 Å². The van der Waals surface area contributed by atoms with Gasteiger partial charge in [-0.15, -0.1) is 0 Å². The minimum Gasteiger partial charge on any atom is -0.350 e. The van der Waals surface area contributed by atoms with E-state index in [0.29, 0.717) is 36.9 Å². The number of hydrogen-bond donors (Lipinski definition) is 1. The predicted molar refractivity (Wildman–Crippen MR) is 89.4 cm³/mol. The van der Waals surface area contributed by atoms with Crippen LogP contribution in [-0.4, -0.2) is 65.9 Å². The highest BCUT2D eigenvalue weighted by atomic mass is 16.2. The molecule has 0 aliphatic carbocycles. The number of pyridine rings is 1. The molecule has 0 atom stereocenters. The summed E-state index contributed by atoms with van der Waals surface area (Å²) >= 11 is 0. The molecule has 0 spiro atoms. The summed E-state index contributed by atoms with van der Waals surface area (Å²) in [7, 11) is 0. The first kappa shape index (κ1) is 17.4. The minimum absolute atomic E-state index is 0.0979. The van der Waals surface area contributed by atoms with E-state index in [2.05, 4.69) is 22.1 Å². The number of carbonyl (C=O) groups is 2. The number of hydrogen-bond acceptors (Lipinski definition) is 4. The molecule has 6 nitrogen and oxygen atoms in total. The van der Waals surface area contributed by atoms with E-state index in [1.807, 2.05) is 18.7 Å². The third-order valence-electron chi connectivity index (χ3n) is 3.98. The van der Waals surface area contributed by atoms with Gasteiger partial charge in [0.25, 0.3) is 11.8 Å². The van der Waals surface area contributed by atoms with Gasteiger partial charge in [0.05, 0.1) is 0 Å². The quantitative estimate of drug-likeness (QED) is 0.887. The Hall–Kier alpha value is -1.95. The van der Waals surface area contributed by atoms with E-state index in [1.54, 1.807) is 18.2 Å². The molecule has 0 radical (unpaired) electrons. The first-order valence-electron chi connectivity index (χ1n) is 8.28. The molecule has 0 saturated carbocycles. The lowest BCUT2D eigenvalue weighted by Gasteiger charge is -2.33. The molecule has 126 valence electrons. The number of nitrogens with zero attached hydrogens (tertiary/aromatic N) is 3. The van der Waals surface area contributed by atoms with Crippen molar-refractivity contribution >= 4 is 11.8 Å². The zero-order valence-electron chi connectivity index (χ0n) is 14.2. The van der Waals surface area contributed by atoms with Crippen LogP contribution in [-0.2, 0) is 0 Å². The second-order valence-corrected chi connectivity index (χ2v) is 6.24. The second-order valence-electron chi connectivity index (χ2n) is 6.24. The third-order valence-corrected chi connectivity index (χ3v) is 3.98. The standard InChI is InChI=1S/C17H26N4O2/c1-4-20-8-10-21(11-9-20)17(23)15-7-5-6-14(19-15)16(22)18-12-13(2)3/h5-7,13H,4,8-12H2,1-3H3,(H,18,22). The van der Waals surface area contributed by atoms with Gasteiger partial charge in [-0.05, 0) is 24.6 Å². The van der Waals surface area contributed by atoms with Crippen LogP contribution in [0, 0.1) is 5.92 Å². The van der Waals surface area contributed by atoms with E-state index in [0.717, 1.165) is 19.6 Å². The van der Waals surface area contributed by atoms with Crippen LogP contribution in [0.1, 0.15) is 41.7 Å². The van der Waals surface area contributed by atoms with Crippen LogP contribution >= 0.6 is 0 Å². The topological polar surface area (TPSA) is 65.5 Å².